The summed E-state index contributed by atoms with van der Waals surface area (Å²) in [7, 11) is 0. The summed E-state index contributed by atoms with van der Waals surface area (Å²) in [6.07, 6.45) is 3.27. The number of amides is 2. The van der Waals surface area contributed by atoms with Crippen LogP contribution in [0, 0.1) is 5.92 Å². The van der Waals surface area contributed by atoms with Gasteiger partial charge in [-0.15, -0.1) is 0 Å². The number of hydrogen-bond donors (Lipinski definition) is 3. The maximum absolute atomic E-state index is 13.0. The summed E-state index contributed by atoms with van der Waals surface area (Å²) in [4.78, 5) is 38.5. The zero-order valence-corrected chi connectivity index (χ0v) is 17.9. The number of nitrogens with one attached hydrogen (secondary N) is 1. The Labute approximate surface area is 166 Å². The van der Waals surface area contributed by atoms with Crippen LogP contribution < -0.4 is 5.32 Å². The van der Waals surface area contributed by atoms with E-state index in [0.717, 1.165) is 0 Å². The number of likely N-dealkylation sites (tertiary alicyclic amines) is 1. The fourth-order valence-corrected chi connectivity index (χ4v) is 3.62. The molecule has 160 valence electrons. The molecule has 0 unspecified atom stereocenters. The van der Waals surface area contributed by atoms with Crippen molar-refractivity contribution in [2.24, 2.45) is 5.92 Å². The molecule has 8 heteroatoms. The van der Waals surface area contributed by atoms with Crippen LogP contribution in [-0.2, 0) is 14.3 Å². The van der Waals surface area contributed by atoms with Crippen molar-refractivity contribution >= 4 is 17.8 Å². The summed E-state index contributed by atoms with van der Waals surface area (Å²) in [5, 5.41) is 23.2. The summed E-state index contributed by atoms with van der Waals surface area (Å²) in [5.41, 5.74) is -2.51. The fraction of sp³-hybridized carbons (Fsp3) is 0.750. The van der Waals surface area contributed by atoms with Gasteiger partial charge in [0.1, 0.15) is 11.2 Å². The van der Waals surface area contributed by atoms with Crippen molar-refractivity contribution in [2.75, 3.05) is 6.61 Å². The van der Waals surface area contributed by atoms with Crippen molar-refractivity contribution in [3.63, 3.8) is 0 Å². The van der Waals surface area contributed by atoms with Gasteiger partial charge >= 0.3 is 6.09 Å². The number of hydrogen-bond acceptors (Lipinski definition) is 6. The predicted octanol–water partition coefficient (Wildman–Crippen LogP) is 1.39. The number of ether oxygens (including phenoxy) is 1. The van der Waals surface area contributed by atoms with E-state index in [1.165, 1.54) is 25.7 Å². The second-order valence-electron chi connectivity index (χ2n) is 8.62. The number of allylic oxidation sites excluding steroid dienone is 1. The molecule has 0 aromatic heterocycles. The third-order valence-electron chi connectivity index (χ3n) is 4.79. The van der Waals surface area contributed by atoms with Crippen molar-refractivity contribution in [1.29, 1.82) is 0 Å². The zero-order chi connectivity index (χ0) is 21.9. The maximum Gasteiger partial charge on any atom is 0.411 e. The Hall–Kier alpha value is -1.93. The molecule has 0 aliphatic carbocycles. The van der Waals surface area contributed by atoms with Crippen LogP contribution in [0.3, 0.4) is 0 Å². The maximum atomic E-state index is 13.0. The van der Waals surface area contributed by atoms with Crippen LogP contribution in [0.15, 0.2) is 12.2 Å². The van der Waals surface area contributed by atoms with Crippen LogP contribution in [0.1, 0.15) is 54.9 Å². The SMILES string of the molecule is C/C=C\[C@@H]1C[C@H](C(C)=O)N(C(=O)OC(C)(C)C)[C@H]1[C@@H](NC(C)=O)[C@@](C)(O)CO. The molecule has 0 bridgehead atoms. The number of ketones is 1. The normalized spacial score (nSPS) is 26.0. The van der Waals surface area contributed by atoms with Crippen LogP contribution in [0.25, 0.3) is 0 Å². The van der Waals surface area contributed by atoms with Gasteiger partial charge in [0.05, 0.1) is 24.7 Å². The first-order valence-corrected chi connectivity index (χ1v) is 9.50. The molecule has 0 saturated carbocycles. The number of rotatable bonds is 6. The highest BCUT2D eigenvalue weighted by Crippen LogP contribution is 2.37. The fourth-order valence-electron chi connectivity index (χ4n) is 3.62. The zero-order valence-electron chi connectivity index (χ0n) is 17.9. The first kappa shape index (κ1) is 24.1. The molecule has 1 heterocycles. The van der Waals surface area contributed by atoms with E-state index in [4.69, 9.17) is 4.74 Å². The molecule has 3 N–H and O–H groups in total. The summed E-state index contributed by atoms with van der Waals surface area (Å²) < 4.78 is 5.51. The molecule has 0 aromatic rings. The molecule has 2 amide bonds. The molecule has 1 fully saturated rings. The number of carbonyl (C=O) groups excluding carboxylic acids is 3. The van der Waals surface area contributed by atoms with E-state index in [1.54, 1.807) is 26.8 Å². The summed E-state index contributed by atoms with van der Waals surface area (Å²) in [6.45, 7) is 10.4. The smallest absolute Gasteiger partial charge is 0.411 e. The van der Waals surface area contributed by atoms with Crippen molar-refractivity contribution in [1.82, 2.24) is 10.2 Å². The quantitative estimate of drug-likeness (QED) is 0.582. The highest BCUT2D eigenvalue weighted by Gasteiger charge is 2.53. The summed E-state index contributed by atoms with van der Waals surface area (Å²) in [6, 6.07) is -2.54. The molecule has 28 heavy (non-hydrogen) atoms. The Bertz CT molecular complexity index is 623. The molecule has 0 radical (unpaired) electrons. The summed E-state index contributed by atoms with van der Waals surface area (Å²) in [5.74, 6) is -0.956. The summed E-state index contributed by atoms with van der Waals surface area (Å²) >= 11 is 0. The largest absolute Gasteiger partial charge is 0.444 e. The molecular formula is C20H34N2O6. The van der Waals surface area contributed by atoms with Gasteiger partial charge in [0.15, 0.2) is 5.78 Å². The number of aliphatic hydroxyl groups is 2. The number of nitrogens with zero attached hydrogens (tertiary/aromatic N) is 1. The van der Waals surface area contributed by atoms with E-state index in [1.807, 2.05) is 13.0 Å². The van der Waals surface area contributed by atoms with Gasteiger partial charge in [-0.3, -0.25) is 14.5 Å². The number of aliphatic hydroxyl groups excluding tert-OH is 1. The minimum Gasteiger partial charge on any atom is -0.444 e. The molecule has 1 aliphatic rings. The van der Waals surface area contributed by atoms with Gasteiger partial charge in [-0.1, -0.05) is 12.2 Å². The molecule has 5 atom stereocenters. The Kier molecular flexibility index (Phi) is 7.79. The molecule has 8 nitrogen and oxygen atoms in total. The van der Waals surface area contributed by atoms with Gasteiger partial charge < -0.3 is 20.3 Å². The molecule has 1 saturated heterocycles. The Morgan fingerprint density at radius 1 is 1.25 bits per heavy atom. The number of carbonyl (C=O) groups is 3. The molecular weight excluding hydrogens is 364 g/mol. The van der Waals surface area contributed by atoms with Crippen LogP contribution >= 0.6 is 0 Å². The van der Waals surface area contributed by atoms with E-state index < -0.39 is 47.9 Å². The van der Waals surface area contributed by atoms with Crippen LogP contribution in [0.5, 0.6) is 0 Å². The van der Waals surface area contributed by atoms with Crippen molar-refractivity contribution in [3.8, 4) is 0 Å². The average molecular weight is 399 g/mol. The first-order chi connectivity index (χ1) is 12.7. The second kappa shape index (κ2) is 9.05. The molecule has 0 spiro atoms. The topological polar surface area (TPSA) is 116 Å². The lowest BCUT2D eigenvalue weighted by Crippen LogP contribution is -2.64. The Morgan fingerprint density at radius 2 is 1.82 bits per heavy atom. The van der Waals surface area contributed by atoms with Crippen molar-refractivity contribution in [3.05, 3.63) is 12.2 Å². The van der Waals surface area contributed by atoms with Crippen molar-refractivity contribution < 1.29 is 29.3 Å². The van der Waals surface area contributed by atoms with E-state index in [0.29, 0.717) is 6.42 Å². The molecule has 1 rings (SSSR count). The van der Waals surface area contributed by atoms with Crippen LogP contribution in [-0.4, -0.2) is 68.8 Å². The van der Waals surface area contributed by atoms with Gasteiger partial charge in [-0.05, 0) is 48.0 Å². The van der Waals surface area contributed by atoms with Gasteiger partial charge in [0.25, 0.3) is 0 Å². The Balaban J connectivity index is 3.53. The van der Waals surface area contributed by atoms with Crippen LogP contribution in [0.4, 0.5) is 4.79 Å². The van der Waals surface area contributed by atoms with Crippen LogP contribution in [0.2, 0.25) is 0 Å². The minimum absolute atomic E-state index is 0.215. The molecule has 1 aliphatic heterocycles. The Morgan fingerprint density at radius 3 is 2.21 bits per heavy atom. The van der Waals surface area contributed by atoms with E-state index in [2.05, 4.69) is 5.32 Å². The third-order valence-corrected chi connectivity index (χ3v) is 4.79. The van der Waals surface area contributed by atoms with Gasteiger partial charge in [-0.2, -0.15) is 0 Å². The monoisotopic (exact) mass is 398 g/mol. The van der Waals surface area contributed by atoms with Gasteiger partial charge in [-0.25, -0.2) is 4.79 Å². The number of Topliss-reactive ketones (excluding diaryl/α,β-unsaturated/α-hetero) is 1. The molecule has 0 aromatic carbocycles. The van der Waals surface area contributed by atoms with Gasteiger partial charge in [0.2, 0.25) is 5.91 Å². The third kappa shape index (κ3) is 5.78. The van der Waals surface area contributed by atoms with E-state index in [9.17, 15) is 24.6 Å². The lowest BCUT2D eigenvalue weighted by Gasteiger charge is -2.42. The first-order valence-electron chi connectivity index (χ1n) is 9.50. The average Bonchev–Trinajstić information content (AvgIpc) is 2.90. The van der Waals surface area contributed by atoms with Gasteiger partial charge in [0, 0.05) is 12.8 Å². The minimum atomic E-state index is -1.72. The lowest BCUT2D eigenvalue weighted by atomic mass is 9.83. The van der Waals surface area contributed by atoms with Crippen molar-refractivity contribution in [2.45, 2.75) is 84.2 Å². The highest BCUT2D eigenvalue weighted by atomic mass is 16.6. The van der Waals surface area contributed by atoms with E-state index in [-0.39, 0.29) is 11.7 Å². The highest BCUT2D eigenvalue weighted by molar-refractivity contribution is 5.86. The standard InChI is InChI=1S/C20H34N2O6/c1-8-9-14-10-15(12(2)24)22(18(26)28-19(4,5)6)16(14)17(21-13(3)25)20(7,27)11-23/h8-9,14-17,23,27H,10-11H2,1-7H3,(H,21,25)/b9-8-/t14-,15-,16-,17-,20+/m1/s1. The van der Waals surface area contributed by atoms with E-state index >= 15 is 0 Å². The second-order valence-corrected chi connectivity index (χ2v) is 8.62. The predicted molar refractivity (Wildman–Crippen MR) is 105 cm³/mol. The lowest BCUT2D eigenvalue weighted by molar-refractivity contribution is -0.126.